The van der Waals surface area contributed by atoms with Crippen molar-refractivity contribution in [3.63, 3.8) is 0 Å². The second kappa shape index (κ2) is 4.91. The Morgan fingerprint density at radius 1 is 1.35 bits per heavy atom. The molecule has 1 unspecified atom stereocenters. The van der Waals surface area contributed by atoms with Gasteiger partial charge in [-0.2, -0.15) is 0 Å². The van der Waals surface area contributed by atoms with Crippen LogP contribution in [0.4, 0.5) is 8.78 Å². The molecule has 0 saturated heterocycles. The maximum Gasteiger partial charge on any atom is 0.178 e. The number of carbonyl (C=O) groups excluding carboxylic acids is 1. The summed E-state index contributed by atoms with van der Waals surface area (Å²) in [5, 5.41) is 0. The number of hydrogen-bond donors (Lipinski definition) is 0. The topological polar surface area (TPSA) is 51.2 Å². The number of hydrogen-bond acceptors (Lipinski definition) is 3. The average Bonchev–Trinajstić information content (AvgIpc) is 2.15. The van der Waals surface area contributed by atoms with E-state index in [1.54, 1.807) is 0 Å². The fourth-order valence-electron chi connectivity index (χ4n) is 1.55. The zero-order chi connectivity index (χ0) is 13.2. The van der Waals surface area contributed by atoms with Crippen LogP contribution in [-0.4, -0.2) is 21.0 Å². The number of rotatable bonds is 4. The lowest BCUT2D eigenvalue weighted by Gasteiger charge is -2.13. The van der Waals surface area contributed by atoms with E-state index in [0.29, 0.717) is 6.29 Å². The summed E-state index contributed by atoms with van der Waals surface area (Å²) in [7, 11) is -3.75. The first-order chi connectivity index (χ1) is 7.79. The molecule has 0 N–H and O–H groups in total. The molecule has 6 heteroatoms. The van der Waals surface area contributed by atoms with Crippen molar-refractivity contribution < 1.29 is 22.0 Å². The highest BCUT2D eigenvalue weighted by atomic mass is 32.2. The predicted molar refractivity (Wildman–Crippen MR) is 58.6 cm³/mol. The lowest BCUT2D eigenvalue weighted by molar-refractivity contribution is -0.108. The van der Waals surface area contributed by atoms with E-state index < -0.39 is 32.3 Å². The molecule has 0 aromatic heterocycles. The van der Waals surface area contributed by atoms with Gasteiger partial charge in [-0.3, -0.25) is 0 Å². The molecular weight excluding hydrogens is 250 g/mol. The summed E-state index contributed by atoms with van der Waals surface area (Å²) in [6.45, 7) is 1.46. The third-order valence-corrected chi connectivity index (χ3v) is 3.55. The van der Waals surface area contributed by atoms with Gasteiger partial charge < -0.3 is 4.79 Å². The molecule has 17 heavy (non-hydrogen) atoms. The number of aldehydes is 1. The normalized spacial score (nSPS) is 13.4. The van der Waals surface area contributed by atoms with E-state index in [-0.39, 0.29) is 12.0 Å². The number of halogens is 2. The van der Waals surface area contributed by atoms with Crippen LogP contribution in [-0.2, 0) is 14.6 Å². The van der Waals surface area contributed by atoms with Crippen LogP contribution in [0.15, 0.2) is 17.0 Å². The Bertz CT molecular complexity index is 538. The van der Waals surface area contributed by atoms with Crippen molar-refractivity contribution >= 4 is 16.1 Å². The molecule has 0 spiro atoms. The Hall–Kier alpha value is -1.30. The lowest BCUT2D eigenvalue weighted by Crippen LogP contribution is -2.08. The Balaban J connectivity index is 3.45. The smallest absolute Gasteiger partial charge is 0.178 e. The molecule has 0 fully saturated rings. The van der Waals surface area contributed by atoms with Gasteiger partial charge in [-0.05, 0) is 18.1 Å². The minimum absolute atomic E-state index is 0.0684. The van der Waals surface area contributed by atoms with Gasteiger partial charge in [0.1, 0.15) is 22.8 Å². The van der Waals surface area contributed by atoms with E-state index in [1.807, 2.05) is 0 Å². The van der Waals surface area contributed by atoms with Crippen LogP contribution in [0.3, 0.4) is 0 Å². The van der Waals surface area contributed by atoms with E-state index in [2.05, 4.69) is 0 Å². The highest BCUT2D eigenvalue weighted by molar-refractivity contribution is 7.90. The van der Waals surface area contributed by atoms with Crippen molar-refractivity contribution in [3.8, 4) is 0 Å². The van der Waals surface area contributed by atoms with Crippen LogP contribution in [0.1, 0.15) is 24.8 Å². The Labute approximate surface area is 98.4 Å². The van der Waals surface area contributed by atoms with Gasteiger partial charge in [0.15, 0.2) is 9.84 Å². The highest BCUT2D eigenvalue weighted by Gasteiger charge is 2.23. The van der Waals surface area contributed by atoms with Crippen molar-refractivity contribution in [2.45, 2.75) is 24.2 Å². The minimum atomic E-state index is -3.75. The Morgan fingerprint density at radius 2 is 1.94 bits per heavy atom. The highest BCUT2D eigenvalue weighted by Crippen LogP contribution is 2.28. The standard InChI is InChI=1S/C11H12F2O3S/c1-7(5-6-14)10-8(12)3-4-9(11(10)13)17(2,15)16/h3-4,6-7H,5H2,1-2H3. The van der Waals surface area contributed by atoms with E-state index in [9.17, 15) is 22.0 Å². The molecule has 0 amide bonds. The monoisotopic (exact) mass is 262 g/mol. The quantitative estimate of drug-likeness (QED) is 0.616. The number of carbonyl (C=O) groups is 1. The van der Waals surface area contributed by atoms with Crippen LogP contribution in [0.2, 0.25) is 0 Å². The lowest BCUT2D eigenvalue weighted by atomic mass is 9.97. The second-order valence-corrected chi connectivity index (χ2v) is 5.83. The van der Waals surface area contributed by atoms with Crippen molar-refractivity contribution in [1.29, 1.82) is 0 Å². The van der Waals surface area contributed by atoms with Crippen LogP contribution >= 0.6 is 0 Å². The number of benzene rings is 1. The molecule has 0 aliphatic carbocycles. The van der Waals surface area contributed by atoms with Crippen LogP contribution < -0.4 is 0 Å². The summed E-state index contributed by atoms with van der Waals surface area (Å²) in [6.07, 6.45) is 1.31. The molecule has 94 valence electrons. The van der Waals surface area contributed by atoms with Crippen molar-refractivity contribution in [2.75, 3.05) is 6.26 Å². The van der Waals surface area contributed by atoms with E-state index in [1.165, 1.54) is 6.92 Å². The molecule has 0 bridgehead atoms. The first kappa shape index (κ1) is 13.8. The molecule has 0 saturated carbocycles. The van der Waals surface area contributed by atoms with E-state index >= 15 is 0 Å². The van der Waals surface area contributed by atoms with Gasteiger partial charge in [0.05, 0.1) is 0 Å². The second-order valence-electron chi connectivity index (χ2n) is 3.85. The van der Waals surface area contributed by atoms with Gasteiger partial charge in [-0.1, -0.05) is 6.92 Å². The third kappa shape index (κ3) is 2.88. The molecule has 3 nitrogen and oxygen atoms in total. The summed E-state index contributed by atoms with van der Waals surface area (Å²) in [5.74, 6) is -2.65. The van der Waals surface area contributed by atoms with Crippen molar-refractivity contribution in [1.82, 2.24) is 0 Å². The molecular formula is C11H12F2O3S. The van der Waals surface area contributed by atoms with Crippen LogP contribution in [0, 0.1) is 11.6 Å². The summed E-state index contributed by atoms with van der Waals surface area (Å²) in [5.41, 5.74) is -0.361. The van der Waals surface area contributed by atoms with E-state index in [0.717, 1.165) is 18.4 Å². The van der Waals surface area contributed by atoms with Gasteiger partial charge in [0.25, 0.3) is 0 Å². The summed E-state index contributed by atoms with van der Waals surface area (Å²) >= 11 is 0. The Kier molecular flexibility index (Phi) is 3.98. The van der Waals surface area contributed by atoms with Gasteiger partial charge in [0.2, 0.25) is 0 Å². The Morgan fingerprint density at radius 3 is 2.41 bits per heavy atom. The maximum absolute atomic E-state index is 13.9. The molecule has 1 rings (SSSR count). The fourth-order valence-corrected chi connectivity index (χ4v) is 2.30. The molecule has 1 aromatic carbocycles. The zero-order valence-electron chi connectivity index (χ0n) is 9.41. The zero-order valence-corrected chi connectivity index (χ0v) is 10.2. The first-order valence-corrected chi connectivity index (χ1v) is 6.79. The van der Waals surface area contributed by atoms with Gasteiger partial charge >= 0.3 is 0 Å². The summed E-state index contributed by atoms with van der Waals surface area (Å²) in [4.78, 5) is 9.78. The van der Waals surface area contributed by atoms with Crippen molar-refractivity contribution in [2.24, 2.45) is 0 Å². The first-order valence-electron chi connectivity index (χ1n) is 4.90. The summed E-state index contributed by atoms with van der Waals surface area (Å²) < 4.78 is 49.8. The van der Waals surface area contributed by atoms with Crippen LogP contribution in [0.25, 0.3) is 0 Å². The van der Waals surface area contributed by atoms with Crippen LogP contribution in [0.5, 0.6) is 0 Å². The minimum Gasteiger partial charge on any atom is -0.303 e. The van der Waals surface area contributed by atoms with Gasteiger partial charge in [-0.15, -0.1) is 0 Å². The number of sulfone groups is 1. The largest absolute Gasteiger partial charge is 0.303 e. The molecule has 0 aliphatic rings. The molecule has 0 radical (unpaired) electrons. The van der Waals surface area contributed by atoms with E-state index in [4.69, 9.17) is 0 Å². The van der Waals surface area contributed by atoms with Gasteiger partial charge in [-0.25, -0.2) is 17.2 Å². The van der Waals surface area contributed by atoms with Gasteiger partial charge in [0, 0.05) is 18.2 Å². The maximum atomic E-state index is 13.9. The predicted octanol–water partition coefficient (Wildman–Crippen LogP) is 2.06. The average molecular weight is 262 g/mol. The fraction of sp³-hybridized carbons (Fsp3) is 0.364. The SMILES string of the molecule is CC(CC=O)c1c(F)ccc(S(C)(=O)=O)c1F. The third-order valence-electron chi connectivity index (χ3n) is 2.43. The molecule has 1 atom stereocenters. The molecule has 0 heterocycles. The molecule has 1 aromatic rings. The van der Waals surface area contributed by atoms with Crippen molar-refractivity contribution in [3.05, 3.63) is 29.3 Å². The summed E-state index contributed by atoms with van der Waals surface area (Å²) in [6, 6.07) is 1.78. The molecule has 0 aliphatic heterocycles.